The number of carbonyl (C=O) groups excluding carboxylic acids is 1. The number of hydrogen-bond acceptors (Lipinski definition) is 5. The van der Waals surface area contributed by atoms with Crippen LogP contribution in [-0.2, 0) is 21.5 Å². The average molecular weight is 241 g/mol. The Labute approximate surface area is 101 Å². The number of carbonyl (C=O) groups is 1. The summed E-state index contributed by atoms with van der Waals surface area (Å²) in [4.78, 5) is 15.9. The van der Waals surface area contributed by atoms with Crippen molar-refractivity contribution in [2.75, 3.05) is 14.2 Å². The highest BCUT2D eigenvalue weighted by Gasteiger charge is 2.30. The number of esters is 1. The molecule has 0 bridgehead atoms. The Morgan fingerprint density at radius 3 is 2.53 bits per heavy atom. The molecule has 0 amide bonds. The smallest absolute Gasteiger partial charge is 0.375 e. The Kier molecular flexibility index (Phi) is 4.28. The fourth-order valence-corrected chi connectivity index (χ4v) is 1.35. The second kappa shape index (κ2) is 5.31. The first kappa shape index (κ1) is 13.7. The molecule has 1 aromatic rings. The average Bonchev–Trinajstić information content (AvgIpc) is 2.73. The molecule has 0 saturated carbocycles. The van der Waals surface area contributed by atoms with E-state index >= 15 is 0 Å². The molecular formula is C12H19NO4. The first-order valence-electron chi connectivity index (χ1n) is 5.59. The first-order valence-corrected chi connectivity index (χ1v) is 5.59. The van der Waals surface area contributed by atoms with Crippen LogP contribution in [0, 0.1) is 0 Å². The van der Waals surface area contributed by atoms with Gasteiger partial charge in [0.25, 0.3) is 0 Å². The van der Waals surface area contributed by atoms with E-state index in [0.717, 1.165) is 6.42 Å². The molecule has 17 heavy (non-hydrogen) atoms. The van der Waals surface area contributed by atoms with Crippen molar-refractivity contribution in [1.29, 1.82) is 0 Å². The molecule has 1 heterocycles. The van der Waals surface area contributed by atoms with Gasteiger partial charge >= 0.3 is 5.97 Å². The zero-order valence-corrected chi connectivity index (χ0v) is 11.0. The number of nitrogens with zero attached hydrogens (tertiary/aromatic N) is 1. The Bertz CT molecular complexity index is 395. The molecule has 0 N–H and O–H groups in total. The van der Waals surface area contributed by atoms with Gasteiger partial charge in [-0.25, -0.2) is 9.78 Å². The zero-order valence-electron chi connectivity index (χ0n) is 11.0. The van der Waals surface area contributed by atoms with Crippen molar-refractivity contribution >= 4 is 5.97 Å². The standard InChI is InChI=1S/C12H19NO4/c1-6-7-8-9(10(14)15-4)17-11(13-8)12(2,3)16-5/h6-7H2,1-5H3. The Balaban J connectivity index is 3.16. The highest BCUT2D eigenvalue weighted by molar-refractivity contribution is 5.87. The van der Waals surface area contributed by atoms with E-state index in [1.807, 2.05) is 20.8 Å². The topological polar surface area (TPSA) is 61.6 Å². The van der Waals surface area contributed by atoms with Crippen molar-refractivity contribution < 1.29 is 18.7 Å². The van der Waals surface area contributed by atoms with Crippen LogP contribution in [0.25, 0.3) is 0 Å². The molecular weight excluding hydrogens is 222 g/mol. The highest BCUT2D eigenvalue weighted by atomic mass is 16.5. The van der Waals surface area contributed by atoms with E-state index in [1.54, 1.807) is 7.11 Å². The van der Waals surface area contributed by atoms with E-state index in [-0.39, 0.29) is 5.76 Å². The second-order valence-corrected chi connectivity index (χ2v) is 4.25. The van der Waals surface area contributed by atoms with Gasteiger partial charge in [0.2, 0.25) is 11.7 Å². The van der Waals surface area contributed by atoms with E-state index in [4.69, 9.17) is 9.15 Å². The van der Waals surface area contributed by atoms with Gasteiger partial charge in [0.05, 0.1) is 12.8 Å². The van der Waals surface area contributed by atoms with E-state index in [2.05, 4.69) is 9.72 Å². The monoisotopic (exact) mass is 241 g/mol. The Morgan fingerprint density at radius 2 is 2.06 bits per heavy atom. The third-order valence-corrected chi connectivity index (χ3v) is 2.58. The van der Waals surface area contributed by atoms with Gasteiger partial charge in [-0.05, 0) is 20.3 Å². The van der Waals surface area contributed by atoms with Gasteiger partial charge in [-0.2, -0.15) is 0 Å². The summed E-state index contributed by atoms with van der Waals surface area (Å²) in [5, 5.41) is 0. The van der Waals surface area contributed by atoms with Crippen LogP contribution in [0.4, 0.5) is 0 Å². The lowest BCUT2D eigenvalue weighted by Crippen LogP contribution is -2.19. The van der Waals surface area contributed by atoms with Gasteiger partial charge in [-0.3, -0.25) is 0 Å². The van der Waals surface area contributed by atoms with Crippen molar-refractivity contribution in [1.82, 2.24) is 4.98 Å². The summed E-state index contributed by atoms with van der Waals surface area (Å²) >= 11 is 0. The molecule has 0 saturated heterocycles. The molecule has 96 valence electrons. The molecule has 5 heteroatoms. The molecule has 0 aliphatic rings. The van der Waals surface area contributed by atoms with Gasteiger partial charge in [0, 0.05) is 7.11 Å². The third kappa shape index (κ3) is 2.85. The van der Waals surface area contributed by atoms with Crippen LogP contribution >= 0.6 is 0 Å². The predicted octanol–water partition coefficient (Wildman–Crippen LogP) is 2.30. The van der Waals surface area contributed by atoms with Crippen molar-refractivity contribution in [3.05, 3.63) is 17.3 Å². The van der Waals surface area contributed by atoms with Crippen LogP contribution in [0.3, 0.4) is 0 Å². The van der Waals surface area contributed by atoms with E-state index < -0.39 is 11.6 Å². The van der Waals surface area contributed by atoms with Crippen LogP contribution in [0.2, 0.25) is 0 Å². The second-order valence-electron chi connectivity index (χ2n) is 4.25. The number of oxazole rings is 1. The summed E-state index contributed by atoms with van der Waals surface area (Å²) in [6.07, 6.45) is 1.55. The fraction of sp³-hybridized carbons (Fsp3) is 0.667. The molecule has 5 nitrogen and oxygen atoms in total. The van der Waals surface area contributed by atoms with Gasteiger partial charge in [-0.15, -0.1) is 0 Å². The maximum Gasteiger partial charge on any atom is 0.375 e. The number of aryl methyl sites for hydroxylation is 1. The number of ether oxygens (including phenoxy) is 2. The minimum atomic E-state index is -0.658. The summed E-state index contributed by atoms with van der Waals surface area (Å²) in [6.45, 7) is 5.67. The lowest BCUT2D eigenvalue weighted by molar-refractivity contribution is -0.00493. The van der Waals surface area contributed by atoms with Gasteiger partial charge < -0.3 is 13.9 Å². The molecule has 0 aliphatic carbocycles. The van der Waals surface area contributed by atoms with E-state index in [1.165, 1.54) is 7.11 Å². The molecule has 1 aromatic heterocycles. The van der Waals surface area contributed by atoms with Crippen molar-refractivity contribution in [2.45, 2.75) is 39.2 Å². The SMILES string of the molecule is CCCc1nc(C(C)(C)OC)oc1C(=O)OC. The Morgan fingerprint density at radius 1 is 1.41 bits per heavy atom. The van der Waals surface area contributed by atoms with Gasteiger partial charge in [0.1, 0.15) is 5.60 Å². The first-order chi connectivity index (χ1) is 7.96. The van der Waals surface area contributed by atoms with Crippen LogP contribution in [0.5, 0.6) is 0 Å². The summed E-state index contributed by atoms with van der Waals surface area (Å²) < 4.78 is 15.4. The summed E-state index contributed by atoms with van der Waals surface area (Å²) in [6, 6.07) is 0. The van der Waals surface area contributed by atoms with E-state index in [9.17, 15) is 4.79 Å². The maximum atomic E-state index is 11.5. The fourth-order valence-electron chi connectivity index (χ4n) is 1.35. The molecule has 0 unspecified atom stereocenters. The summed E-state index contributed by atoms with van der Waals surface area (Å²) in [7, 11) is 2.89. The minimum Gasteiger partial charge on any atom is -0.463 e. The van der Waals surface area contributed by atoms with Gasteiger partial charge in [-0.1, -0.05) is 13.3 Å². The largest absolute Gasteiger partial charge is 0.463 e. The van der Waals surface area contributed by atoms with E-state index in [0.29, 0.717) is 18.0 Å². The van der Waals surface area contributed by atoms with Crippen molar-refractivity contribution in [3.8, 4) is 0 Å². The minimum absolute atomic E-state index is 0.175. The molecule has 1 rings (SSSR count). The van der Waals surface area contributed by atoms with Crippen LogP contribution in [0.15, 0.2) is 4.42 Å². The highest BCUT2D eigenvalue weighted by Crippen LogP contribution is 2.26. The molecule has 0 spiro atoms. The number of methoxy groups -OCH3 is 2. The van der Waals surface area contributed by atoms with Gasteiger partial charge in [0.15, 0.2) is 0 Å². The van der Waals surface area contributed by atoms with Crippen molar-refractivity contribution in [2.24, 2.45) is 0 Å². The third-order valence-electron chi connectivity index (χ3n) is 2.58. The zero-order chi connectivity index (χ0) is 13.1. The Hall–Kier alpha value is -1.36. The molecule has 0 aromatic carbocycles. The lowest BCUT2D eigenvalue weighted by Gasteiger charge is -2.17. The maximum absolute atomic E-state index is 11.5. The van der Waals surface area contributed by atoms with Crippen LogP contribution in [-0.4, -0.2) is 25.2 Å². The molecule has 0 fully saturated rings. The quantitative estimate of drug-likeness (QED) is 0.740. The number of rotatable bonds is 5. The number of aromatic nitrogens is 1. The number of hydrogen-bond donors (Lipinski definition) is 0. The lowest BCUT2D eigenvalue weighted by atomic mass is 10.1. The predicted molar refractivity (Wildman–Crippen MR) is 61.9 cm³/mol. The van der Waals surface area contributed by atoms with Crippen LogP contribution < -0.4 is 0 Å². The molecule has 0 radical (unpaired) electrons. The summed E-state index contributed by atoms with van der Waals surface area (Å²) in [5.74, 6) is 0.0671. The summed E-state index contributed by atoms with van der Waals surface area (Å²) in [5.41, 5.74) is -0.0335. The molecule has 0 aliphatic heterocycles. The normalized spacial score (nSPS) is 11.6. The van der Waals surface area contributed by atoms with Crippen molar-refractivity contribution in [3.63, 3.8) is 0 Å². The molecule has 0 atom stereocenters. The van der Waals surface area contributed by atoms with Crippen LogP contribution in [0.1, 0.15) is 49.3 Å².